The van der Waals surface area contributed by atoms with Gasteiger partial charge in [-0.05, 0) is 19.3 Å². The van der Waals surface area contributed by atoms with E-state index in [0.717, 1.165) is 0 Å². The summed E-state index contributed by atoms with van der Waals surface area (Å²) in [6, 6.07) is -8.46. The van der Waals surface area contributed by atoms with Crippen LogP contribution in [-0.4, -0.2) is 110 Å². The molecular weight excluding hydrogens is 612 g/mol. The summed E-state index contributed by atoms with van der Waals surface area (Å²) in [7, 11) is 0. The highest BCUT2D eigenvalue weighted by Gasteiger charge is 2.34. The van der Waals surface area contributed by atoms with Crippen LogP contribution in [0.2, 0.25) is 0 Å². The number of nitrogens with two attached hydrogens (primary N) is 3. The number of carboxylic acids is 1. The van der Waals surface area contributed by atoms with Crippen LogP contribution in [-0.2, 0) is 44.8 Å². The second kappa shape index (κ2) is 18.6. The van der Waals surface area contributed by atoms with E-state index in [2.05, 4.69) is 31.2 Å². The number of aliphatic carboxylic acids is 1. The van der Waals surface area contributed by atoms with Crippen molar-refractivity contribution < 1.29 is 48.6 Å². The highest BCUT2D eigenvalue weighted by molar-refractivity contribution is 5.97. The van der Waals surface area contributed by atoms with Crippen LogP contribution in [0.15, 0.2) is 12.5 Å². The average Bonchev–Trinajstić information content (AvgIpc) is 3.47. The molecule has 46 heavy (non-hydrogen) atoms. The van der Waals surface area contributed by atoms with E-state index in [1.165, 1.54) is 19.4 Å². The summed E-state index contributed by atoms with van der Waals surface area (Å²) in [5, 5.41) is 30.5. The third-order valence-corrected chi connectivity index (χ3v) is 6.42. The van der Waals surface area contributed by atoms with E-state index in [4.69, 9.17) is 17.2 Å². The highest BCUT2D eigenvalue weighted by Crippen LogP contribution is 2.07. The molecule has 0 fully saturated rings. The third-order valence-electron chi connectivity index (χ3n) is 6.42. The number of H-pyrrole nitrogens is 1. The molecule has 0 aliphatic rings. The zero-order valence-electron chi connectivity index (χ0n) is 25.6. The van der Waals surface area contributed by atoms with Crippen LogP contribution in [0, 0.1) is 5.92 Å². The van der Waals surface area contributed by atoms with Gasteiger partial charge in [0.2, 0.25) is 41.4 Å². The van der Waals surface area contributed by atoms with Crippen molar-refractivity contribution in [1.29, 1.82) is 0 Å². The Kier molecular flexibility index (Phi) is 15.8. The highest BCUT2D eigenvalue weighted by atomic mass is 16.4. The van der Waals surface area contributed by atoms with Gasteiger partial charge in [0.05, 0.1) is 25.4 Å². The van der Waals surface area contributed by atoms with Gasteiger partial charge in [-0.15, -0.1) is 0 Å². The van der Waals surface area contributed by atoms with E-state index >= 15 is 0 Å². The molecule has 14 N–H and O–H groups in total. The Bertz CT molecular complexity index is 1250. The number of hydrogen-bond acceptors (Lipinski definition) is 11. The number of carboxylic acid groups (broad SMARTS) is 1. The maximum atomic E-state index is 13.5. The van der Waals surface area contributed by atoms with Gasteiger partial charge in [0.25, 0.3) is 0 Å². The van der Waals surface area contributed by atoms with Gasteiger partial charge >= 0.3 is 5.97 Å². The molecule has 0 aliphatic carbocycles. The van der Waals surface area contributed by atoms with Crippen molar-refractivity contribution in [2.45, 2.75) is 82.7 Å². The first kappa shape index (κ1) is 38.9. The molecule has 7 amide bonds. The Morgan fingerprint density at radius 1 is 0.783 bits per heavy atom. The molecule has 6 atom stereocenters. The minimum atomic E-state index is -1.76. The van der Waals surface area contributed by atoms with Gasteiger partial charge in [-0.3, -0.25) is 33.6 Å². The van der Waals surface area contributed by atoms with E-state index in [1.54, 1.807) is 13.8 Å². The maximum Gasteiger partial charge on any atom is 0.326 e. The quantitative estimate of drug-likeness (QED) is 0.0627. The summed E-state index contributed by atoms with van der Waals surface area (Å²) in [5.74, 6) is -8.48. The molecule has 0 spiro atoms. The van der Waals surface area contributed by atoms with Gasteiger partial charge in [0.15, 0.2) is 0 Å². The molecule has 1 aromatic heterocycles. The van der Waals surface area contributed by atoms with E-state index < -0.39 is 109 Å². The number of carbonyl (C=O) groups is 8. The first-order chi connectivity index (χ1) is 21.5. The average molecular weight is 655 g/mol. The van der Waals surface area contributed by atoms with Crippen molar-refractivity contribution in [3.63, 3.8) is 0 Å². The van der Waals surface area contributed by atoms with Crippen molar-refractivity contribution in [3.8, 4) is 0 Å². The van der Waals surface area contributed by atoms with Crippen molar-refractivity contribution in [1.82, 2.24) is 36.6 Å². The molecule has 20 heteroatoms. The largest absolute Gasteiger partial charge is 0.480 e. The van der Waals surface area contributed by atoms with Gasteiger partial charge in [0.1, 0.15) is 30.2 Å². The van der Waals surface area contributed by atoms with Crippen LogP contribution < -0.4 is 43.8 Å². The lowest BCUT2D eigenvalue weighted by molar-refractivity contribution is -0.144. The summed E-state index contributed by atoms with van der Waals surface area (Å²) in [5.41, 5.74) is 16.2. The number of carbonyl (C=O) groups excluding carboxylic acids is 7. The molecule has 0 aromatic carbocycles. The van der Waals surface area contributed by atoms with E-state index in [0.29, 0.717) is 5.69 Å². The smallest absolute Gasteiger partial charge is 0.326 e. The zero-order valence-corrected chi connectivity index (χ0v) is 25.6. The second-order valence-electron chi connectivity index (χ2n) is 10.7. The van der Waals surface area contributed by atoms with Crippen molar-refractivity contribution in [2.24, 2.45) is 23.1 Å². The zero-order chi connectivity index (χ0) is 35.1. The standard InChI is InChI=1S/C26H42N10O10/c1-11(2)20(36-21(40)12(3)27)25(44)33-15(6-13-8-30-10-31-13)23(42)32-14(4-5-18(28)38)22(41)35-17(9-37)24(43)34-16(26(45)46)7-19(29)39/h8,10-12,14-17,20,37H,4-7,9,27H2,1-3H3,(H2,28,38)(H2,29,39)(H,30,31)(H,32,42)(H,33,44)(H,34,43)(H,35,41)(H,36,40)(H,45,46)/t12-,14-,15-,16-,17-,20-/m0/s1. The topological polar surface area (TPSA) is 344 Å². The number of aliphatic hydroxyl groups excluding tert-OH is 1. The Labute approximate surface area is 263 Å². The van der Waals surface area contributed by atoms with Crippen LogP contribution in [0.4, 0.5) is 0 Å². The molecule has 0 radical (unpaired) electrons. The Balaban J connectivity index is 3.23. The van der Waals surface area contributed by atoms with Crippen LogP contribution in [0.3, 0.4) is 0 Å². The number of imidazole rings is 1. The molecule has 0 saturated heterocycles. The summed E-state index contributed by atoms with van der Waals surface area (Å²) in [6.45, 7) is 3.70. The van der Waals surface area contributed by atoms with Crippen LogP contribution >= 0.6 is 0 Å². The first-order valence-electron chi connectivity index (χ1n) is 14.1. The van der Waals surface area contributed by atoms with Gasteiger partial charge < -0.3 is 59.0 Å². The molecule has 1 heterocycles. The molecule has 1 aromatic rings. The van der Waals surface area contributed by atoms with Gasteiger partial charge in [-0.25, -0.2) is 9.78 Å². The lowest BCUT2D eigenvalue weighted by atomic mass is 10.0. The molecule has 0 bridgehead atoms. The van der Waals surface area contributed by atoms with Gasteiger partial charge in [-0.1, -0.05) is 13.8 Å². The number of aromatic amines is 1. The monoisotopic (exact) mass is 654 g/mol. The predicted molar refractivity (Wildman–Crippen MR) is 157 cm³/mol. The molecule has 0 aliphatic heterocycles. The Morgan fingerprint density at radius 2 is 1.33 bits per heavy atom. The summed E-state index contributed by atoms with van der Waals surface area (Å²) in [4.78, 5) is 105. The molecule has 0 saturated carbocycles. The second-order valence-corrected chi connectivity index (χ2v) is 10.7. The van der Waals surface area contributed by atoms with Crippen molar-refractivity contribution in [2.75, 3.05) is 6.61 Å². The fourth-order valence-electron chi connectivity index (χ4n) is 3.87. The fraction of sp³-hybridized carbons (Fsp3) is 0.577. The molecule has 0 unspecified atom stereocenters. The number of hydrogen-bond donors (Lipinski definition) is 11. The predicted octanol–water partition coefficient (Wildman–Crippen LogP) is -5.40. The minimum Gasteiger partial charge on any atom is -0.480 e. The first-order valence-corrected chi connectivity index (χ1v) is 14.1. The molecule has 256 valence electrons. The summed E-state index contributed by atoms with van der Waals surface area (Å²) < 4.78 is 0. The number of amides is 7. The number of nitrogens with zero attached hydrogens (tertiary/aromatic N) is 1. The van der Waals surface area contributed by atoms with Gasteiger partial charge in [0, 0.05) is 24.7 Å². The number of primary amides is 2. The van der Waals surface area contributed by atoms with E-state index in [-0.39, 0.29) is 12.8 Å². The minimum absolute atomic E-state index is 0.161. The number of aromatic nitrogens is 2. The SMILES string of the molecule is CC(C)[C@H](NC(=O)[C@H](C)N)C(=O)N[C@@H](Cc1cnc[nH]1)C(=O)N[C@@H](CCC(N)=O)C(=O)N[C@@H](CO)C(=O)N[C@@H](CC(N)=O)C(=O)O. The summed E-state index contributed by atoms with van der Waals surface area (Å²) >= 11 is 0. The maximum absolute atomic E-state index is 13.5. The van der Waals surface area contributed by atoms with Gasteiger partial charge in [-0.2, -0.15) is 0 Å². The Morgan fingerprint density at radius 3 is 1.80 bits per heavy atom. The number of nitrogens with one attached hydrogen (secondary N) is 6. The van der Waals surface area contributed by atoms with Crippen molar-refractivity contribution in [3.05, 3.63) is 18.2 Å². The molecule has 1 rings (SSSR count). The molecule has 20 nitrogen and oxygen atoms in total. The fourth-order valence-corrected chi connectivity index (χ4v) is 3.87. The van der Waals surface area contributed by atoms with E-state index in [1.807, 2.05) is 5.32 Å². The Hall–Kier alpha value is -5.11. The lowest BCUT2D eigenvalue weighted by Gasteiger charge is -2.27. The number of rotatable bonds is 20. The summed E-state index contributed by atoms with van der Waals surface area (Å²) in [6.07, 6.45) is 0.981. The number of aliphatic hydroxyl groups is 1. The normalized spacial score (nSPS) is 14.8. The van der Waals surface area contributed by atoms with Crippen LogP contribution in [0.25, 0.3) is 0 Å². The van der Waals surface area contributed by atoms with Crippen LogP contribution in [0.1, 0.15) is 45.7 Å². The van der Waals surface area contributed by atoms with Crippen LogP contribution in [0.5, 0.6) is 0 Å². The lowest BCUT2D eigenvalue weighted by Crippen LogP contribution is -2.60. The molecular formula is C26H42N10O10. The third kappa shape index (κ3) is 13.3. The van der Waals surface area contributed by atoms with Crippen molar-refractivity contribution >= 4 is 47.3 Å². The van der Waals surface area contributed by atoms with E-state index in [9.17, 15) is 48.6 Å².